The summed E-state index contributed by atoms with van der Waals surface area (Å²) in [6, 6.07) is 22.4. The van der Waals surface area contributed by atoms with E-state index in [1.54, 1.807) is 0 Å². The molecule has 1 unspecified atom stereocenters. The van der Waals surface area contributed by atoms with Gasteiger partial charge in [-0.2, -0.15) is 0 Å². The standard InChI is InChI=1S/C28H32N4O2/c1-19-8-7-9-20(2)26(19)30-28(34)27(33)29-18-25(22-12-14-23(15-13-22)31(3)4)32-17-16-21-10-5-6-11-24(21)32/h5-15,25H,16-18H2,1-4H3,(H,29,33)(H,30,34). The molecule has 0 fully saturated rings. The van der Waals surface area contributed by atoms with Crippen molar-refractivity contribution in [1.82, 2.24) is 5.32 Å². The zero-order valence-electron chi connectivity index (χ0n) is 20.3. The Morgan fingerprint density at radius 3 is 2.26 bits per heavy atom. The molecule has 6 nitrogen and oxygen atoms in total. The summed E-state index contributed by atoms with van der Waals surface area (Å²) in [5, 5.41) is 5.66. The number of benzene rings is 3. The predicted molar refractivity (Wildman–Crippen MR) is 139 cm³/mol. The second kappa shape index (κ2) is 10.00. The van der Waals surface area contributed by atoms with Gasteiger partial charge in [0.1, 0.15) is 0 Å². The third-order valence-corrected chi connectivity index (χ3v) is 6.48. The zero-order chi connectivity index (χ0) is 24.2. The number of carbonyl (C=O) groups is 2. The maximum atomic E-state index is 12.8. The maximum Gasteiger partial charge on any atom is 0.313 e. The van der Waals surface area contributed by atoms with Crippen LogP contribution in [0.15, 0.2) is 66.7 Å². The fourth-order valence-corrected chi connectivity index (χ4v) is 4.54. The molecule has 34 heavy (non-hydrogen) atoms. The van der Waals surface area contributed by atoms with Gasteiger partial charge in [0.25, 0.3) is 0 Å². The van der Waals surface area contributed by atoms with Gasteiger partial charge >= 0.3 is 11.8 Å². The van der Waals surface area contributed by atoms with E-state index in [1.165, 1.54) is 11.3 Å². The van der Waals surface area contributed by atoms with Crippen LogP contribution in [0.3, 0.4) is 0 Å². The van der Waals surface area contributed by atoms with E-state index in [1.807, 2.05) is 52.2 Å². The smallest absolute Gasteiger partial charge is 0.313 e. The second-order valence-electron chi connectivity index (χ2n) is 9.00. The lowest BCUT2D eigenvalue weighted by atomic mass is 10.0. The van der Waals surface area contributed by atoms with E-state index in [2.05, 4.69) is 62.9 Å². The number of aryl methyl sites for hydroxylation is 2. The average Bonchev–Trinajstić information content (AvgIpc) is 3.26. The molecular weight excluding hydrogens is 424 g/mol. The van der Waals surface area contributed by atoms with Gasteiger partial charge in [-0.15, -0.1) is 0 Å². The van der Waals surface area contributed by atoms with E-state index < -0.39 is 11.8 Å². The Labute approximate surface area is 201 Å². The van der Waals surface area contributed by atoms with Crippen LogP contribution in [0.1, 0.15) is 28.3 Å². The van der Waals surface area contributed by atoms with Gasteiger partial charge in [-0.1, -0.05) is 48.5 Å². The molecule has 3 aromatic carbocycles. The molecule has 4 rings (SSSR count). The van der Waals surface area contributed by atoms with Crippen molar-refractivity contribution in [3.05, 3.63) is 89.0 Å². The molecule has 2 amide bonds. The third kappa shape index (κ3) is 4.91. The molecule has 1 aliphatic rings. The quantitative estimate of drug-likeness (QED) is 0.545. The maximum absolute atomic E-state index is 12.8. The van der Waals surface area contributed by atoms with Crippen molar-refractivity contribution in [1.29, 1.82) is 0 Å². The highest BCUT2D eigenvalue weighted by Crippen LogP contribution is 2.35. The highest BCUT2D eigenvalue weighted by Gasteiger charge is 2.28. The molecule has 0 bridgehead atoms. The van der Waals surface area contributed by atoms with E-state index in [0.29, 0.717) is 12.2 Å². The van der Waals surface area contributed by atoms with Gasteiger partial charge in [-0.25, -0.2) is 0 Å². The van der Waals surface area contributed by atoms with E-state index in [0.717, 1.165) is 35.3 Å². The lowest BCUT2D eigenvalue weighted by Gasteiger charge is -2.31. The molecule has 0 aliphatic carbocycles. The summed E-state index contributed by atoms with van der Waals surface area (Å²) in [6.07, 6.45) is 0.962. The first-order chi connectivity index (χ1) is 16.3. The number of nitrogens with one attached hydrogen (secondary N) is 2. The number of fused-ring (bicyclic) bond motifs is 1. The number of amides is 2. The Balaban J connectivity index is 1.53. The van der Waals surface area contributed by atoms with Crippen LogP contribution in [0.4, 0.5) is 17.1 Å². The van der Waals surface area contributed by atoms with Crippen molar-refractivity contribution in [2.75, 3.05) is 42.3 Å². The minimum absolute atomic E-state index is 0.0863. The topological polar surface area (TPSA) is 64.7 Å². The van der Waals surface area contributed by atoms with Crippen LogP contribution in [-0.4, -0.2) is 39.0 Å². The first-order valence-electron chi connectivity index (χ1n) is 11.6. The monoisotopic (exact) mass is 456 g/mol. The highest BCUT2D eigenvalue weighted by molar-refractivity contribution is 6.39. The minimum atomic E-state index is -0.652. The zero-order valence-corrected chi connectivity index (χ0v) is 20.3. The SMILES string of the molecule is Cc1cccc(C)c1NC(=O)C(=O)NCC(c1ccc(N(C)C)cc1)N1CCc2ccccc21. The van der Waals surface area contributed by atoms with Crippen LogP contribution in [0, 0.1) is 13.8 Å². The lowest BCUT2D eigenvalue weighted by Crippen LogP contribution is -2.42. The first kappa shape index (κ1) is 23.4. The molecule has 0 spiro atoms. The van der Waals surface area contributed by atoms with E-state index in [-0.39, 0.29) is 6.04 Å². The van der Waals surface area contributed by atoms with Crippen molar-refractivity contribution in [2.45, 2.75) is 26.3 Å². The number of para-hydroxylation sites is 2. The molecule has 0 aromatic heterocycles. The van der Waals surface area contributed by atoms with Crippen LogP contribution in [0.5, 0.6) is 0 Å². The van der Waals surface area contributed by atoms with Crippen LogP contribution in [0.2, 0.25) is 0 Å². The van der Waals surface area contributed by atoms with Crippen LogP contribution < -0.4 is 20.4 Å². The van der Waals surface area contributed by atoms with Gasteiger partial charge in [0.15, 0.2) is 0 Å². The molecule has 3 aromatic rings. The number of hydrogen-bond acceptors (Lipinski definition) is 4. The van der Waals surface area contributed by atoms with E-state index in [4.69, 9.17) is 0 Å². The molecular formula is C28H32N4O2. The molecule has 1 aliphatic heterocycles. The van der Waals surface area contributed by atoms with Crippen molar-refractivity contribution in [3.8, 4) is 0 Å². The Kier molecular flexibility index (Phi) is 6.87. The molecule has 0 radical (unpaired) electrons. The second-order valence-corrected chi connectivity index (χ2v) is 9.00. The summed E-state index contributed by atoms with van der Waals surface area (Å²) in [7, 11) is 4.02. The molecule has 1 heterocycles. The third-order valence-electron chi connectivity index (χ3n) is 6.48. The Morgan fingerprint density at radius 2 is 1.59 bits per heavy atom. The first-order valence-corrected chi connectivity index (χ1v) is 11.6. The average molecular weight is 457 g/mol. The minimum Gasteiger partial charge on any atom is -0.378 e. The van der Waals surface area contributed by atoms with Crippen molar-refractivity contribution >= 4 is 28.9 Å². The lowest BCUT2D eigenvalue weighted by molar-refractivity contribution is -0.136. The van der Waals surface area contributed by atoms with Crippen LogP contribution >= 0.6 is 0 Å². The predicted octanol–water partition coefficient (Wildman–Crippen LogP) is 4.23. The normalized spacial score (nSPS) is 13.2. The molecule has 0 saturated carbocycles. The molecule has 6 heteroatoms. The largest absolute Gasteiger partial charge is 0.378 e. The number of hydrogen-bond donors (Lipinski definition) is 2. The van der Waals surface area contributed by atoms with E-state index >= 15 is 0 Å². The van der Waals surface area contributed by atoms with Gasteiger partial charge in [0.2, 0.25) is 0 Å². The van der Waals surface area contributed by atoms with Gasteiger partial charge in [-0.3, -0.25) is 9.59 Å². The van der Waals surface area contributed by atoms with Gasteiger partial charge in [0, 0.05) is 44.2 Å². The number of anilines is 3. The number of rotatable bonds is 6. The summed E-state index contributed by atoms with van der Waals surface area (Å²) in [5.74, 6) is -1.29. The summed E-state index contributed by atoms with van der Waals surface area (Å²) in [5.41, 5.74) is 7.23. The molecule has 176 valence electrons. The summed E-state index contributed by atoms with van der Waals surface area (Å²) < 4.78 is 0. The summed E-state index contributed by atoms with van der Waals surface area (Å²) in [4.78, 5) is 29.8. The fraction of sp³-hybridized carbons (Fsp3) is 0.286. The van der Waals surface area contributed by atoms with Crippen LogP contribution in [0.25, 0.3) is 0 Å². The molecule has 0 saturated heterocycles. The van der Waals surface area contributed by atoms with Gasteiger partial charge in [-0.05, 0) is 60.7 Å². The molecule has 2 N–H and O–H groups in total. The Morgan fingerprint density at radius 1 is 0.912 bits per heavy atom. The van der Waals surface area contributed by atoms with Crippen molar-refractivity contribution < 1.29 is 9.59 Å². The number of carbonyl (C=O) groups excluding carboxylic acids is 2. The summed E-state index contributed by atoms with van der Waals surface area (Å²) in [6.45, 7) is 5.02. The Hall–Kier alpha value is -3.80. The summed E-state index contributed by atoms with van der Waals surface area (Å²) >= 11 is 0. The van der Waals surface area contributed by atoms with Crippen molar-refractivity contribution in [2.24, 2.45) is 0 Å². The van der Waals surface area contributed by atoms with E-state index in [9.17, 15) is 9.59 Å². The Bertz CT molecular complexity index is 1170. The van der Waals surface area contributed by atoms with Crippen molar-refractivity contribution in [3.63, 3.8) is 0 Å². The van der Waals surface area contributed by atoms with Crippen LogP contribution in [-0.2, 0) is 16.0 Å². The van der Waals surface area contributed by atoms with Gasteiger partial charge in [0.05, 0.1) is 6.04 Å². The number of nitrogens with zero attached hydrogens (tertiary/aromatic N) is 2. The fourth-order valence-electron chi connectivity index (χ4n) is 4.54. The highest BCUT2D eigenvalue weighted by atomic mass is 16.2. The molecule has 1 atom stereocenters. The van der Waals surface area contributed by atoms with Gasteiger partial charge < -0.3 is 20.4 Å².